The first kappa shape index (κ1) is 15.7. The van der Waals surface area contributed by atoms with Gasteiger partial charge in [0.15, 0.2) is 6.29 Å². The molecule has 0 aliphatic carbocycles. The van der Waals surface area contributed by atoms with Gasteiger partial charge >= 0.3 is 5.97 Å². The van der Waals surface area contributed by atoms with Gasteiger partial charge in [0, 0.05) is 19.3 Å². The van der Waals surface area contributed by atoms with E-state index in [4.69, 9.17) is 4.74 Å². The number of aldehydes is 1. The van der Waals surface area contributed by atoms with Crippen LogP contribution in [0.1, 0.15) is 30.3 Å². The molecule has 2 aromatic heterocycles. The second-order valence-corrected chi connectivity index (χ2v) is 6.26. The number of ether oxygens (including phenoxy) is 1. The maximum absolute atomic E-state index is 11.9. The normalized spacial score (nSPS) is 18.0. The number of nitrogens with zero attached hydrogens (tertiary/aromatic N) is 4. The molecule has 0 aromatic carbocycles. The Balaban J connectivity index is 1.75. The molecule has 1 aliphatic rings. The van der Waals surface area contributed by atoms with E-state index in [1.807, 2.05) is 6.92 Å². The summed E-state index contributed by atoms with van der Waals surface area (Å²) < 4.78 is 6.83. The monoisotopic (exact) mass is 334 g/mol. The standard InChI is InChI=1S/C15H18N4O3S/c1-2-22-13(21)11-5-3-7-18(9-11)14-16-17-15(23-14)19-8-4-6-12(19)10-20/h4,6,8,10-11H,2-3,5,7,9H2,1H3. The van der Waals surface area contributed by atoms with Crippen LogP contribution in [0.2, 0.25) is 0 Å². The third-order valence-electron chi connectivity index (χ3n) is 3.82. The van der Waals surface area contributed by atoms with Crippen molar-refractivity contribution in [2.75, 3.05) is 24.6 Å². The maximum atomic E-state index is 11.9. The number of carbonyl (C=O) groups excluding carboxylic acids is 2. The highest BCUT2D eigenvalue weighted by atomic mass is 32.1. The summed E-state index contributed by atoms with van der Waals surface area (Å²) in [7, 11) is 0. The third kappa shape index (κ3) is 3.26. The number of hydrogen-bond donors (Lipinski definition) is 0. The third-order valence-corrected chi connectivity index (χ3v) is 4.81. The Morgan fingerprint density at radius 1 is 1.48 bits per heavy atom. The molecule has 2 aromatic rings. The molecule has 0 spiro atoms. The smallest absolute Gasteiger partial charge is 0.310 e. The van der Waals surface area contributed by atoms with E-state index in [0.29, 0.717) is 24.0 Å². The van der Waals surface area contributed by atoms with Gasteiger partial charge in [0.25, 0.3) is 0 Å². The van der Waals surface area contributed by atoms with Crippen LogP contribution >= 0.6 is 11.3 Å². The van der Waals surface area contributed by atoms with Crippen LogP contribution in [0.3, 0.4) is 0 Å². The number of aromatic nitrogens is 3. The van der Waals surface area contributed by atoms with Gasteiger partial charge in [-0.3, -0.25) is 14.2 Å². The second kappa shape index (κ2) is 6.91. The lowest BCUT2D eigenvalue weighted by molar-refractivity contribution is -0.148. The lowest BCUT2D eigenvalue weighted by Gasteiger charge is -2.30. The van der Waals surface area contributed by atoms with Crippen LogP contribution in [0.5, 0.6) is 0 Å². The van der Waals surface area contributed by atoms with Crippen LogP contribution in [-0.2, 0) is 9.53 Å². The molecule has 0 amide bonds. The van der Waals surface area contributed by atoms with Crippen LogP contribution in [-0.4, -0.2) is 46.7 Å². The summed E-state index contributed by atoms with van der Waals surface area (Å²) in [4.78, 5) is 25.0. The van der Waals surface area contributed by atoms with Crippen LogP contribution in [0, 0.1) is 5.92 Å². The fourth-order valence-electron chi connectivity index (χ4n) is 2.70. The Labute approximate surface area is 137 Å². The number of rotatable bonds is 5. The summed E-state index contributed by atoms with van der Waals surface area (Å²) in [6, 6.07) is 3.52. The van der Waals surface area contributed by atoms with Crippen LogP contribution in [0.25, 0.3) is 5.13 Å². The molecular weight excluding hydrogens is 316 g/mol. The van der Waals surface area contributed by atoms with E-state index < -0.39 is 0 Å². The lowest BCUT2D eigenvalue weighted by Crippen LogP contribution is -2.39. The highest BCUT2D eigenvalue weighted by molar-refractivity contribution is 7.17. The van der Waals surface area contributed by atoms with Gasteiger partial charge in [-0.1, -0.05) is 11.3 Å². The van der Waals surface area contributed by atoms with Gasteiger partial charge in [0.05, 0.1) is 18.2 Å². The van der Waals surface area contributed by atoms with Crippen LogP contribution in [0.4, 0.5) is 5.13 Å². The molecule has 23 heavy (non-hydrogen) atoms. The molecule has 0 bridgehead atoms. The minimum atomic E-state index is -0.143. The molecule has 1 aliphatic heterocycles. The van der Waals surface area contributed by atoms with Gasteiger partial charge in [0.1, 0.15) is 0 Å². The number of anilines is 1. The Bertz CT molecular complexity index is 696. The van der Waals surface area contributed by atoms with Gasteiger partial charge in [0.2, 0.25) is 10.3 Å². The van der Waals surface area contributed by atoms with Crippen molar-refractivity contribution in [3.05, 3.63) is 24.0 Å². The first-order valence-corrected chi connectivity index (χ1v) is 8.42. The predicted octanol–water partition coefficient (Wildman–Crippen LogP) is 1.92. The van der Waals surface area contributed by atoms with Gasteiger partial charge in [-0.25, -0.2) is 0 Å². The molecule has 7 nitrogen and oxygen atoms in total. The quantitative estimate of drug-likeness (QED) is 0.614. The summed E-state index contributed by atoms with van der Waals surface area (Å²) in [6.45, 7) is 3.66. The Morgan fingerprint density at radius 2 is 2.30 bits per heavy atom. The van der Waals surface area contributed by atoms with Crippen LogP contribution in [0.15, 0.2) is 18.3 Å². The van der Waals surface area contributed by atoms with Crippen molar-refractivity contribution in [3.8, 4) is 5.13 Å². The van der Waals surface area contributed by atoms with Gasteiger partial charge in [-0.15, -0.1) is 10.2 Å². The zero-order valence-electron chi connectivity index (χ0n) is 12.8. The molecule has 1 saturated heterocycles. The van der Waals surface area contributed by atoms with E-state index >= 15 is 0 Å². The summed E-state index contributed by atoms with van der Waals surface area (Å²) >= 11 is 1.41. The first-order valence-electron chi connectivity index (χ1n) is 7.61. The minimum Gasteiger partial charge on any atom is -0.466 e. The molecule has 0 N–H and O–H groups in total. The summed E-state index contributed by atoms with van der Waals surface area (Å²) in [5, 5.41) is 9.79. The Kier molecular flexibility index (Phi) is 4.71. The molecule has 1 atom stereocenters. The van der Waals surface area contributed by atoms with Crippen molar-refractivity contribution < 1.29 is 14.3 Å². The number of esters is 1. The van der Waals surface area contributed by atoms with Crippen molar-refractivity contribution in [2.24, 2.45) is 5.92 Å². The molecule has 3 heterocycles. The van der Waals surface area contributed by atoms with Crippen molar-refractivity contribution in [3.63, 3.8) is 0 Å². The molecular formula is C15H18N4O3S. The summed E-state index contributed by atoms with van der Waals surface area (Å²) in [5.41, 5.74) is 0.538. The van der Waals surface area contributed by atoms with E-state index in [0.717, 1.165) is 30.8 Å². The van der Waals surface area contributed by atoms with E-state index in [2.05, 4.69) is 15.1 Å². The van der Waals surface area contributed by atoms with E-state index in [9.17, 15) is 9.59 Å². The lowest BCUT2D eigenvalue weighted by atomic mass is 9.99. The highest BCUT2D eigenvalue weighted by Crippen LogP contribution is 2.28. The highest BCUT2D eigenvalue weighted by Gasteiger charge is 2.28. The molecule has 0 radical (unpaired) electrons. The maximum Gasteiger partial charge on any atom is 0.310 e. The van der Waals surface area contributed by atoms with Crippen molar-refractivity contribution in [1.82, 2.24) is 14.8 Å². The average Bonchev–Trinajstić information content (AvgIpc) is 3.23. The van der Waals surface area contributed by atoms with Crippen molar-refractivity contribution in [1.29, 1.82) is 0 Å². The SMILES string of the molecule is CCOC(=O)C1CCCN(c2nnc(-n3cccc3C=O)s2)C1. The largest absolute Gasteiger partial charge is 0.466 e. The molecule has 8 heteroatoms. The minimum absolute atomic E-state index is 0.117. The second-order valence-electron chi connectivity index (χ2n) is 5.33. The van der Waals surface area contributed by atoms with Gasteiger partial charge in [-0.2, -0.15) is 0 Å². The fraction of sp³-hybridized carbons (Fsp3) is 0.467. The fourth-order valence-corrected chi connectivity index (χ4v) is 3.59. The topological polar surface area (TPSA) is 77.3 Å². The van der Waals surface area contributed by atoms with Crippen molar-refractivity contribution >= 4 is 28.7 Å². The predicted molar refractivity (Wildman–Crippen MR) is 86.2 cm³/mol. The van der Waals surface area contributed by atoms with E-state index in [1.165, 1.54) is 11.3 Å². The van der Waals surface area contributed by atoms with Crippen molar-refractivity contribution in [2.45, 2.75) is 19.8 Å². The zero-order chi connectivity index (χ0) is 16.2. The summed E-state index contributed by atoms with van der Waals surface area (Å²) in [6.07, 6.45) is 4.33. The number of hydrogen-bond acceptors (Lipinski definition) is 7. The van der Waals surface area contributed by atoms with E-state index in [1.54, 1.807) is 22.9 Å². The Hall–Kier alpha value is -2.22. The zero-order valence-corrected chi connectivity index (χ0v) is 13.7. The summed E-state index contributed by atoms with van der Waals surface area (Å²) in [5.74, 6) is -0.260. The molecule has 122 valence electrons. The average molecular weight is 334 g/mol. The number of carbonyl (C=O) groups is 2. The van der Waals surface area contributed by atoms with Gasteiger partial charge in [-0.05, 0) is 31.9 Å². The first-order chi connectivity index (χ1) is 11.2. The number of piperidine rings is 1. The van der Waals surface area contributed by atoms with Crippen LogP contribution < -0.4 is 4.90 Å². The molecule has 0 saturated carbocycles. The van der Waals surface area contributed by atoms with Gasteiger partial charge < -0.3 is 9.64 Å². The molecule has 3 rings (SSSR count). The molecule has 1 unspecified atom stereocenters. The van der Waals surface area contributed by atoms with E-state index in [-0.39, 0.29) is 11.9 Å². The Morgan fingerprint density at radius 3 is 3.09 bits per heavy atom. The molecule has 1 fully saturated rings.